The summed E-state index contributed by atoms with van der Waals surface area (Å²) in [7, 11) is 0. The van der Waals surface area contributed by atoms with Gasteiger partial charge in [0.05, 0.1) is 0 Å². The number of nitrogens with one attached hydrogen (secondary N) is 2. The molecule has 2 heterocycles. The summed E-state index contributed by atoms with van der Waals surface area (Å²) in [5.41, 5.74) is 0. The van der Waals surface area contributed by atoms with Crippen molar-refractivity contribution in [3.05, 3.63) is 11.6 Å². The first-order valence-electron chi connectivity index (χ1n) is 9.26. The Hall–Kier alpha value is -1.59. The van der Waals surface area contributed by atoms with Crippen LogP contribution in [0.5, 0.6) is 0 Å². The van der Waals surface area contributed by atoms with E-state index in [0.29, 0.717) is 12.6 Å². The van der Waals surface area contributed by atoms with Gasteiger partial charge in [-0.2, -0.15) is 0 Å². The summed E-state index contributed by atoms with van der Waals surface area (Å²) in [5.74, 6) is 3.61. The van der Waals surface area contributed by atoms with Gasteiger partial charge in [0.1, 0.15) is 11.6 Å². The van der Waals surface area contributed by atoms with E-state index in [4.69, 9.17) is 0 Å². The number of nitrogens with zero attached hydrogens (tertiary/aromatic N) is 3. The largest absolute Gasteiger partial charge is 0.338 e. The maximum absolute atomic E-state index is 12.1. The lowest BCUT2D eigenvalue weighted by Gasteiger charge is -2.18. The number of fused-ring (bicyclic) bond motifs is 1. The molecule has 1 aromatic rings. The van der Waals surface area contributed by atoms with Crippen LogP contribution in [0.15, 0.2) is 0 Å². The highest BCUT2D eigenvalue weighted by atomic mass is 16.2. The third-order valence-electron chi connectivity index (χ3n) is 5.38. The van der Waals surface area contributed by atoms with Crippen molar-refractivity contribution in [1.29, 1.82) is 0 Å². The molecule has 4 rings (SSSR count). The number of aryl methyl sites for hydroxylation is 1. The SMILES string of the molecule is O=C(NCCc1nnc2n1CCCCC2)NC(C1CC1)C1CC1. The molecule has 1 aromatic heterocycles. The monoisotopic (exact) mass is 317 g/mol. The zero-order valence-corrected chi connectivity index (χ0v) is 13.8. The molecule has 2 saturated carbocycles. The molecule has 126 valence electrons. The van der Waals surface area contributed by atoms with Gasteiger partial charge in [-0.25, -0.2) is 4.79 Å². The highest BCUT2D eigenvalue weighted by molar-refractivity contribution is 5.74. The summed E-state index contributed by atoms with van der Waals surface area (Å²) in [6, 6.07) is 0.406. The number of hydrogen-bond donors (Lipinski definition) is 2. The number of hydrogen-bond acceptors (Lipinski definition) is 3. The molecule has 0 radical (unpaired) electrons. The average Bonchev–Trinajstić information content (AvgIpc) is 3.44. The molecule has 1 aliphatic heterocycles. The Morgan fingerprint density at radius 2 is 1.91 bits per heavy atom. The quantitative estimate of drug-likeness (QED) is 0.843. The van der Waals surface area contributed by atoms with Crippen molar-refractivity contribution in [3.8, 4) is 0 Å². The summed E-state index contributed by atoms with van der Waals surface area (Å²) in [5, 5.41) is 14.8. The molecule has 23 heavy (non-hydrogen) atoms. The summed E-state index contributed by atoms with van der Waals surface area (Å²) < 4.78 is 2.25. The highest BCUT2D eigenvalue weighted by Gasteiger charge is 2.42. The van der Waals surface area contributed by atoms with Gasteiger partial charge >= 0.3 is 6.03 Å². The van der Waals surface area contributed by atoms with Crippen LogP contribution in [-0.2, 0) is 19.4 Å². The van der Waals surface area contributed by atoms with Gasteiger partial charge in [-0.15, -0.1) is 10.2 Å². The van der Waals surface area contributed by atoms with Gasteiger partial charge in [0.2, 0.25) is 0 Å². The first kappa shape index (κ1) is 15.0. The molecule has 2 amide bonds. The number of aromatic nitrogens is 3. The summed E-state index contributed by atoms with van der Waals surface area (Å²) in [6.45, 7) is 1.65. The molecule has 2 fully saturated rings. The van der Waals surface area contributed by atoms with Crippen molar-refractivity contribution in [2.75, 3.05) is 6.54 Å². The molecule has 6 heteroatoms. The predicted octanol–water partition coefficient (Wildman–Crippen LogP) is 2.03. The first-order valence-corrected chi connectivity index (χ1v) is 9.26. The molecule has 2 N–H and O–H groups in total. The second-order valence-corrected chi connectivity index (χ2v) is 7.35. The van der Waals surface area contributed by atoms with E-state index in [1.54, 1.807) is 0 Å². The highest BCUT2D eigenvalue weighted by Crippen LogP contribution is 2.44. The third kappa shape index (κ3) is 3.67. The Kier molecular flexibility index (Phi) is 4.23. The van der Waals surface area contributed by atoms with E-state index in [1.807, 2.05) is 0 Å². The molecule has 3 aliphatic rings. The van der Waals surface area contributed by atoms with Gasteiger partial charge < -0.3 is 15.2 Å². The van der Waals surface area contributed by atoms with Crippen LogP contribution in [0.4, 0.5) is 4.79 Å². The van der Waals surface area contributed by atoms with Crippen molar-refractivity contribution in [3.63, 3.8) is 0 Å². The Balaban J connectivity index is 1.25. The molecule has 0 unspecified atom stereocenters. The maximum atomic E-state index is 12.1. The standard InChI is InChI=1S/C17H27N5O/c23-17(19-16(12-5-6-12)13-7-8-13)18-10-9-15-21-20-14-4-2-1-3-11-22(14)15/h12-13,16H,1-11H2,(H2,18,19,23). The topological polar surface area (TPSA) is 71.8 Å². The van der Waals surface area contributed by atoms with E-state index in [2.05, 4.69) is 25.4 Å². The predicted molar refractivity (Wildman–Crippen MR) is 87.1 cm³/mol. The van der Waals surface area contributed by atoms with Crippen LogP contribution in [0.1, 0.15) is 56.6 Å². The van der Waals surface area contributed by atoms with Gasteiger partial charge in [0.25, 0.3) is 0 Å². The van der Waals surface area contributed by atoms with E-state index in [1.165, 1.54) is 44.9 Å². The molecule has 0 spiro atoms. The molecular weight excluding hydrogens is 290 g/mol. The number of rotatable bonds is 6. The van der Waals surface area contributed by atoms with Crippen LogP contribution in [0.2, 0.25) is 0 Å². The van der Waals surface area contributed by atoms with E-state index in [9.17, 15) is 4.79 Å². The minimum absolute atomic E-state index is 0.00981. The molecule has 0 bridgehead atoms. The van der Waals surface area contributed by atoms with Gasteiger partial charge in [-0.1, -0.05) is 6.42 Å². The summed E-state index contributed by atoms with van der Waals surface area (Å²) >= 11 is 0. The van der Waals surface area contributed by atoms with E-state index in [-0.39, 0.29) is 6.03 Å². The zero-order valence-electron chi connectivity index (χ0n) is 13.8. The fraction of sp³-hybridized carbons (Fsp3) is 0.824. The molecule has 0 atom stereocenters. The third-order valence-corrected chi connectivity index (χ3v) is 5.38. The van der Waals surface area contributed by atoms with Crippen LogP contribution < -0.4 is 10.6 Å². The van der Waals surface area contributed by atoms with Crippen molar-refractivity contribution in [1.82, 2.24) is 25.4 Å². The van der Waals surface area contributed by atoms with Crippen molar-refractivity contribution in [2.24, 2.45) is 11.8 Å². The van der Waals surface area contributed by atoms with E-state index in [0.717, 1.165) is 42.9 Å². The minimum Gasteiger partial charge on any atom is -0.338 e. The Labute approximate surface area is 137 Å². The summed E-state index contributed by atoms with van der Waals surface area (Å²) in [6.07, 6.45) is 10.6. The van der Waals surface area contributed by atoms with Crippen molar-refractivity contribution in [2.45, 2.75) is 70.4 Å². The number of carbonyl (C=O) groups excluding carboxylic acids is 1. The van der Waals surface area contributed by atoms with Gasteiger partial charge in [0, 0.05) is 32.0 Å². The van der Waals surface area contributed by atoms with Crippen molar-refractivity contribution >= 4 is 6.03 Å². The lowest BCUT2D eigenvalue weighted by Crippen LogP contribution is -2.44. The smallest absolute Gasteiger partial charge is 0.315 e. The summed E-state index contributed by atoms with van der Waals surface area (Å²) in [4.78, 5) is 12.1. The normalized spacial score (nSPS) is 20.9. The molecular formula is C17H27N5O. The maximum Gasteiger partial charge on any atom is 0.315 e. The van der Waals surface area contributed by atoms with Crippen LogP contribution in [-0.4, -0.2) is 33.4 Å². The molecule has 0 aromatic carbocycles. The van der Waals surface area contributed by atoms with E-state index >= 15 is 0 Å². The van der Waals surface area contributed by atoms with Gasteiger partial charge in [-0.3, -0.25) is 0 Å². The van der Waals surface area contributed by atoms with Crippen LogP contribution in [0.3, 0.4) is 0 Å². The molecule has 2 aliphatic carbocycles. The average molecular weight is 317 g/mol. The van der Waals surface area contributed by atoms with Gasteiger partial charge in [-0.05, 0) is 50.4 Å². The number of carbonyl (C=O) groups is 1. The van der Waals surface area contributed by atoms with Crippen LogP contribution in [0.25, 0.3) is 0 Å². The minimum atomic E-state index is -0.00981. The van der Waals surface area contributed by atoms with Crippen LogP contribution in [0, 0.1) is 11.8 Å². The number of urea groups is 1. The fourth-order valence-electron chi connectivity index (χ4n) is 3.75. The van der Waals surface area contributed by atoms with Gasteiger partial charge in [0.15, 0.2) is 0 Å². The lowest BCUT2D eigenvalue weighted by atomic mass is 10.1. The second kappa shape index (κ2) is 6.49. The number of amides is 2. The molecule has 0 saturated heterocycles. The fourth-order valence-corrected chi connectivity index (χ4v) is 3.75. The zero-order chi connectivity index (χ0) is 15.6. The van der Waals surface area contributed by atoms with Crippen LogP contribution >= 0.6 is 0 Å². The second-order valence-electron chi connectivity index (χ2n) is 7.35. The Morgan fingerprint density at radius 1 is 1.13 bits per heavy atom. The van der Waals surface area contributed by atoms with Crippen molar-refractivity contribution < 1.29 is 4.79 Å². The Bertz CT molecular complexity index is 549. The first-order chi connectivity index (χ1) is 11.3. The molecule has 6 nitrogen and oxygen atoms in total. The van der Waals surface area contributed by atoms with E-state index < -0.39 is 0 Å². The Morgan fingerprint density at radius 3 is 2.65 bits per heavy atom. The lowest BCUT2D eigenvalue weighted by molar-refractivity contribution is 0.233.